The number of aliphatic carboxylic acids is 1. The van der Waals surface area contributed by atoms with Crippen molar-refractivity contribution in [3.63, 3.8) is 0 Å². The molecular weight excluding hydrogens is 364 g/mol. The van der Waals surface area contributed by atoms with Crippen LogP contribution in [0.25, 0.3) is 10.9 Å². The van der Waals surface area contributed by atoms with Crippen LogP contribution in [-0.2, 0) is 11.3 Å². The average molecular weight is 385 g/mol. The van der Waals surface area contributed by atoms with Crippen LogP contribution < -0.4 is 0 Å². The van der Waals surface area contributed by atoms with Gasteiger partial charge in [-0.1, -0.05) is 23.7 Å². The quantitative estimate of drug-likeness (QED) is 0.707. The molecule has 0 bridgehead atoms. The minimum atomic E-state index is -0.827. The summed E-state index contributed by atoms with van der Waals surface area (Å²) in [4.78, 5) is 23.8. The van der Waals surface area contributed by atoms with Crippen LogP contribution in [0.3, 0.4) is 0 Å². The molecule has 1 aliphatic rings. The van der Waals surface area contributed by atoms with Crippen molar-refractivity contribution in [2.45, 2.75) is 12.6 Å². The molecule has 1 atom stereocenters. The maximum absolute atomic E-state index is 12.1. The van der Waals surface area contributed by atoms with E-state index in [-0.39, 0.29) is 0 Å². The molecule has 7 heteroatoms. The number of carboxylic acid groups (broad SMARTS) is 1. The molecule has 2 N–H and O–H groups in total. The zero-order chi connectivity index (χ0) is 18.8. The molecule has 0 amide bonds. The molecular formula is C20H21ClN4O2. The number of rotatable bonds is 5. The van der Waals surface area contributed by atoms with Gasteiger partial charge in [0, 0.05) is 72.8 Å². The Morgan fingerprint density at radius 1 is 1.26 bits per heavy atom. The van der Waals surface area contributed by atoms with E-state index in [9.17, 15) is 9.90 Å². The number of piperazine rings is 1. The van der Waals surface area contributed by atoms with Gasteiger partial charge in [-0.05, 0) is 23.8 Å². The number of H-pyrrole nitrogens is 1. The highest BCUT2D eigenvalue weighted by Crippen LogP contribution is 2.31. The molecule has 1 aromatic carbocycles. The lowest BCUT2D eigenvalue weighted by Gasteiger charge is -2.37. The van der Waals surface area contributed by atoms with E-state index in [2.05, 4.69) is 20.9 Å². The highest BCUT2D eigenvalue weighted by atomic mass is 35.5. The van der Waals surface area contributed by atoms with Crippen LogP contribution in [0.15, 0.2) is 48.9 Å². The van der Waals surface area contributed by atoms with E-state index >= 15 is 0 Å². The van der Waals surface area contributed by atoms with Crippen molar-refractivity contribution in [2.75, 3.05) is 26.2 Å². The molecule has 4 rings (SSSR count). The first kappa shape index (κ1) is 18.0. The van der Waals surface area contributed by atoms with Gasteiger partial charge >= 0.3 is 5.97 Å². The van der Waals surface area contributed by atoms with E-state index in [1.165, 1.54) is 5.56 Å². The van der Waals surface area contributed by atoms with Gasteiger partial charge in [-0.15, -0.1) is 0 Å². The van der Waals surface area contributed by atoms with Crippen molar-refractivity contribution in [3.05, 3.63) is 65.1 Å². The van der Waals surface area contributed by atoms with E-state index in [1.54, 1.807) is 18.5 Å². The van der Waals surface area contributed by atoms with E-state index in [0.717, 1.165) is 36.1 Å². The molecule has 1 aliphatic heterocycles. The van der Waals surface area contributed by atoms with Crippen molar-refractivity contribution >= 4 is 28.5 Å². The monoisotopic (exact) mass is 384 g/mol. The number of nitrogens with one attached hydrogen (secondary N) is 1. The summed E-state index contributed by atoms with van der Waals surface area (Å²) in [6.07, 6.45) is 5.44. The fourth-order valence-corrected chi connectivity index (χ4v) is 3.93. The number of benzene rings is 1. The van der Waals surface area contributed by atoms with E-state index in [4.69, 9.17) is 11.6 Å². The standard InChI is InChI=1S/C20H21ClN4O2/c21-15-3-4-16-17(12-23-18(16)10-15)19(20(26)27)25-8-6-24(7-9-25)13-14-2-1-5-22-11-14/h1-5,10-12,19,23H,6-9,13H2,(H,26,27). The highest BCUT2D eigenvalue weighted by Gasteiger charge is 2.32. The molecule has 2 aromatic heterocycles. The third-order valence-corrected chi connectivity index (χ3v) is 5.34. The molecule has 1 unspecified atom stereocenters. The number of nitrogens with zero attached hydrogens (tertiary/aromatic N) is 3. The fraction of sp³-hybridized carbons (Fsp3) is 0.300. The van der Waals surface area contributed by atoms with Gasteiger partial charge in [0.1, 0.15) is 6.04 Å². The summed E-state index contributed by atoms with van der Waals surface area (Å²) in [5.74, 6) is -0.827. The largest absolute Gasteiger partial charge is 0.480 e. The average Bonchev–Trinajstić information content (AvgIpc) is 3.06. The Hall–Kier alpha value is -2.41. The van der Waals surface area contributed by atoms with Crippen LogP contribution in [0.5, 0.6) is 0 Å². The second kappa shape index (κ2) is 7.68. The summed E-state index contributed by atoms with van der Waals surface area (Å²) < 4.78 is 0. The highest BCUT2D eigenvalue weighted by molar-refractivity contribution is 6.31. The van der Waals surface area contributed by atoms with Crippen LogP contribution in [0.2, 0.25) is 5.02 Å². The summed E-state index contributed by atoms with van der Waals surface area (Å²) in [5.41, 5.74) is 2.82. The number of carboxylic acids is 1. The molecule has 0 aliphatic carbocycles. The summed E-state index contributed by atoms with van der Waals surface area (Å²) in [6, 6.07) is 8.85. The SMILES string of the molecule is O=C(O)C(c1c[nH]c2cc(Cl)ccc12)N1CCN(Cc2cccnc2)CC1. The maximum Gasteiger partial charge on any atom is 0.325 e. The van der Waals surface area contributed by atoms with Crippen LogP contribution in [-0.4, -0.2) is 57.0 Å². The Balaban J connectivity index is 1.49. The Morgan fingerprint density at radius 2 is 2.07 bits per heavy atom. The molecule has 3 aromatic rings. The third kappa shape index (κ3) is 3.83. The zero-order valence-corrected chi connectivity index (χ0v) is 15.6. The molecule has 1 saturated heterocycles. The van der Waals surface area contributed by atoms with Crippen molar-refractivity contribution in [1.82, 2.24) is 19.8 Å². The minimum absolute atomic E-state index is 0.631. The molecule has 3 heterocycles. The Bertz CT molecular complexity index is 936. The van der Waals surface area contributed by atoms with Gasteiger partial charge in [0.15, 0.2) is 0 Å². The zero-order valence-electron chi connectivity index (χ0n) is 14.8. The normalized spacial score (nSPS) is 17.2. The number of hydrogen-bond donors (Lipinski definition) is 2. The van der Waals surface area contributed by atoms with Gasteiger partial charge in [0.25, 0.3) is 0 Å². The molecule has 27 heavy (non-hydrogen) atoms. The lowest BCUT2D eigenvalue weighted by atomic mass is 10.0. The van der Waals surface area contributed by atoms with Gasteiger partial charge in [0.2, 0.25) is 0 Å². The summed E-state index contributed by atoms with van der Waals surface area (Å²) >= 11 is 6.04. The predicted molar refractivity (Wildman–Crippen MR) is 105 cm³/mol. The van der Waals surface area contributed by atoms with Crippen LogP contribution in [0.4, 0.5) is 0 Å². The Kier molecular flexibility index (Phi) is 5.11. The van der Waals surface area contributed by atoms with Crippen molar-refractivity contribution < 1.29 is 9.90 Å². The van der Waals surface area contributed by atoms with E-state index in [0.29, 0.717) is 18.1 Å². The predicted octanol–water partition coefficient (Wildman–Crippen LogP) is 3.16. The van der Waals surface area contributed by atoms with Gasteiger partial charge in [0.05, 0.1) is 0 Å². The minimum Gasteiger partial charge on any atom is -0.480 e. The van der Waals surface area contributed by atoms with Crippen LogP contribution in [0, 0.1) is 0 Å². The number of fused-ring (bicyclic) bond motifs is 1. The smallest absolute Gasteiger partial charge is 0.325 e. The first-order valence-corrected chi connectivity index (χ1v) is 9.34. The lowest BCUT2D eigenvalue weighted by molar-refractivity contribution is -0.144. The van der Waals surface area contributed by atoms with Crippen molar-refractivity contribution in [2.24, 2.45) is 0 Å². The molecule has 140 valence electrons. The Labute approximate surface area is 162 Å². The first-order chi connectivity index (χ1) is 13.1. The summed E-state index contributed by atoms with van der Waals surface area (Å²) in [6.45, 7) is 3.90. The van der Waals surface area contributed by atoms with E-state index in [1.807, 2.05) is 29.3 Å². The molecule has 0 spiro atoms. The second-order valence-electron chi connectivity index (χ2n) is 6.85. The fourth-order valence-electron chi connectivity index (χ4n) is 3.76. The van der Waals surface area contributed by atoms with E-state index < -0.39 is 12.0 Å². The number of aromatic nitrogens is 2. The van der Waals surface area contributed by atoms with Crippen LogP contribution in [0.1, 0.15) is 17.2 Å². The van der Waals surface area contributed by atoms with Gasteiger partial charge in [-0.3, -0.25) is 19.6 Å². The van der Waals surface area contributed by atoms with Crippen LogP contribution >= 0.6 is 11.6 Å². The van der Waals surface area contributed by atoms with Gasteiger partial charge in [-0.25, -0.2) is 0 Å². The number of pyridine rings is 1. The molecule has 6 nitrogen and oxygen atoms in total. The number of halogens is 1. The van der Waals surface area contributed by atoms with Crippen molar-refractivity contribution in [1.29, 1.82) is 0 Å². The molecule has 1 fully saturated rings. The topological polar surface area (TPSA) is 72.5 Å². The number of hydrogen-bond acceptors (Lipinski definition) is 4. The number of aromatic amines is 1. The molecule has 0 radical (unpaired) electrons. The Morgan fingerprint density at radius 3 is 2.78 bits per heavy atom. The van der Waals surface area contributed by atoms with Gasteiger partial charge < -0.3 is 10.1 Å². The number of carbonyl (C=O) groups is 1. The molecule has 0 saturated carbocycles. The lowest BCUT2D eigenvalue weighted by Crippen LogP contribution is -2.48. The summed E-state index contributed by atoms with van der Waals surface area (Å²) in [7, 11) is 0. The van der Waals surface area contributed by atoms with Crippen molar-refractivity contribution in [3.8, 4) is 0 Å². The summed E-state index contributed by atoms with van der Waals surface area (Å²) in [5, 5.41) is 11.4. The third-order valence-electron chi connectivity index (χ3n) is 5.11. The van der Waals surface area contributed by atoms with Gasteiger partial charge in [-0.2, -0.15) is 0 Å². The first-order valence-electron chi connectivity index (χ1n) is 8.96. The maximum atomic E-state index is 12.1. The second-order valence-corrected chi connectivity index (χ2v) is 7.28.